The third-order valence-electron chi connectivity index (χ3n) is 3.10. The van der Waals surface area contributed by atoms with E-state index in [2.05, 4.69) is 17.6 Å². The standard InChI is InChI=1S/C11H22N2O/c1-9(10-5-3-4-6-10)13-11(14)7-8-12-2/h9-10,12H,3-8H2,1-2H3,(H,13,14). The van der Waals surface area contributed by atoms with E-state index in [1.54, 1.807) is 0 Å². The van der Waals surface area contributed by atoms with Crippen LogP contribution in [0.4, 0.5) is 0 Å². The van der Waals surface area contributed by atoms with Gasteiger partial charge in [0.2, 0.25) is 5.91 Å². The molecule has 1 rings (SSSR count). The Morgan fingerprint density at radius 1 is 1.43 bits per heavy atom. The van der Waals surface area contributed by atoms with E-state index in [1.165, 1.54) is 25.7 Å². The molecule has 3 heteroatoms. The molecule has 1 unspecified atom stereocenters. The molecule has 1 aliphatic rings. The van der Waals surface area contributed by atoms with Gasteiger partial charge in [0.05, 0.1) is 0 Å². The Morgan fingerprint density at radius 3 is 2.64 bits per heavy atom. The summed E-state index contributed by atoms with van der Waals surface area (Å²) >= 11 is 0. The highest BCUT2D eigenvalue weighted by Crippen LogP contribution is 2.27. The van der Waals surface area contributed by atoms with Gasteiger partial charge in [0.1, 0.15) is 0 Å². The minimum atomic E-state index is 0.179. The average molecular weight is 198 g/mol. The van der Waals surface area contributed by atoms with E-state index in [0.29, 0.717) is 18.4 Å². The Labute approximate surface area is 86.6 Å². The van der Waals surface area contributed by atoms with Crippen LogP contribution in [0.1, 0.15) is 39.0 Å². The summed E-state index contributed by atoms with van der Waals surface area (Å²) in [7, 11) is 1.87. The van der Waals surface area contributed by atoms with Crippen molar-refractivity contribution in [3.63, 3.8) is 0 Å². The van der Waals surface area contributed by atoms with Crippen LogP contribution >= 0.6 is 0 Å². The van der Waals surface area contributed by atoms with Gasteiger partial charge in [-0.3, -0.25) is 4.79 Å². The second kappa shape index (κ2) is 6.02. The van der Waals surface area contributed by atoms with Gasteiger partial charge < -0.3 is 10.6 Å². The summed E-state index contributed by atoms with van der Waals surface area (Å²) in [4.78, 5) is 11.4. The first-order valence-electron chi connectivity index (χ1n) is 5.68. The normalized spacial score (nSPS) is 19.6. The summed E-state index contributed by atoms with van der Waals surface area (Å²) in [6, 6.07) is 0.363. The lowest BCUT2D eigenvalue weighted by atomic mass is 10.00. The smallest absolute Gasteiger partial charge is 0.221 e. The fourth-order valence-corrected chi connectivity index (χ4v) is 2.14. The molecule has 1 amide bonds. The van der Waals surface area contributed by atoms with E-state index in [9.17, 15) is 4.79 Å². The maximum absolute atomic E-state index is 11.4. The molecule has 1 aliphatic carbocycles. The SMILES string of the molecule is CNCCC(=O)NC(C)C1CCCC1. The average Bonchev–Trinajstić information content (AvgIpc) is 2.67. The van der Waals surface area contributed by atoms with Crippen LogP contribution in [-0.4, -0.2) is 25.5 Å². The van der Waals surface area contributed by atoms with Crippen molar-refractivity contribution in [1.29, 1.82) is 0 Å². The fourth-order valence-electron chi connectivity index (χ4n) is 2.14. The fraction of sp³-hybridized carbons (Fsp3) is 0.909. The number of nitrogens with one attached hydrogen (secondary N) is 2. The van der Waals surface area contributed by atoms with Crippen molar-refractivity contribution in [2.45, 2.75) is 45.1 Å². The maximum atomic E-state index is 11.4. The zero-order valence-corrected chi connectivity index (χ0v) is 9.31. The zero-order chi connectivity index (χ0) is 10.4. The predicted octanol–water partition coefficient (Wildman–Crippen LogP) is 1.29. The number of hydrogen-bond donors (Lipinski definition) is 2. The Morgan fingerprint density at radius 2 is 2.07 bits per heavy atom. The summed E-state index contributed by atoms with van der Waals surface area (Å²) in [5.74, 6) is 0.896. The molecule has 2 N–H and O–H groups in total. The van der Waals surface area contributed by atoms with Gasteiger partial charge in [-0.15, -0.1) is 0 Å². The second-order valence-corrected chi connectivity index (χ2v) is 4.25. The van der Waals surface area contributed by atoms with Crippen molar-refractivity contribution in [3.05, 3.63) is 0 Å². The van der Waals surface area contributed by atoms with Gasteiger partial charge in [-0.2, -0.15) is 0 Å². The molecular formula is C11H22N2O. The Kier molecular flexibility index (Phi) is 4.94. The van der Waals surface area contributed by atoms with Gasteiger partial charge in [-0.1, -0.05) is 12.8 Å². The number of hydrogen-bond acceptors (Lipinski definition) is 2. The van der Waals surface area contributed by atoms with Gasteiger partial charge in [0.25, 0.3) is 0 Å². The van der Waals surface area contributed by atoms with Crippen LogP contribution in [-0.2, 0) is 4.79 Å². The van der Waals surface area contributed by atoms with Gasteiger partial charge >= 0.3 is 0 Å². The lowest BCUT2D eigenvalue weighted by molar-refractivity contribution is -0.121. The first-order valence-corrected chi connectivity index (χ1v) is 5.68. The Balaban J connectivity index is 2.18. The molecule has 1 fully saturated rings. The largest absolute Gasteiger partial charge is 0.353 e. The molecular weight excluding hydrogens is 176 g/mol. The number of amides is 1. The lowest BCUT2D eigenvalue weighted by Gasteiger charge is -2.20. The monoisotopic (exact) mass is 198 g/mol. The van der Waals surface area contributed by atoms with Crippen LogP contribution in [0.5, 0.6) is 0 Å². The second-order valence-electron chi connectivity index (χ2n) is 4.25. The summed E-state index contributed by atoms with van der Waals surface area (Å²) in [6.07, 6.45) is 5.83. The summed E-state index contributed by atoms with van der Waals surface area (Å²) in [6.45, 7) is 2.90. The lowest BCUT2D eigenvalue weighted by Crippen LogP contribution is -2.38. The molecule has 0 saturated heterocycles. The van der Waals surface area contributed by atoms with Crippen molar-refractivity contribution < 1.29 is 4.79 Å². The van der Waals surface area contributed by atoms with Crippen molar-refractivity contribution in [2.75, 3.05) is 13.6 Å². The Hall–Kier alpha value is -0.570. The third-order valence-corrected chi connectivity index (χ3v) is 3.10. The van der Waals surface area contributed by atoms with Crippen LogP contribution in [0.15, 0.2) is 0 Å². The molecule has 1 saturated carbocycles. The van der Waals surface area contributed by atoms with Crippen LogP contribution in [0.25, 0.3) is 0 Å². The molecule has 0 aromatic rings. The minimum absolute atomic E-state index is 0.179. The van der Waals surface area contributed by atoms with Crippen LogP contribution in [0.2, 0.25) is 0 Å². The number of carbonyl (C=O) groups is 1. The van der Waals surface area contributed by atoms with E-state index >= 15 is 0 Å². The Bertz CT molecular complexity index is 176. The van der Waals surface area contributed by atoms with E-state index < -0.39 is 0 Å². The molecule has 0 aromatic carbocycles. The summed E-state index contributed by atoms with van der Waals surface area (Å²) in [5.41, 5.74) is 0. The first-order chi connectivity index (χ1) is 6.74. The van der Waals surface area contributed by atoms with Crippen molar-refractivity contribution in [1.82, 2.24) is 10.6 Å². The molecule has 14 heavy (non-hydrogen) atoms. The van der Waals surface area contributed by atoms with E-state index in [-0.39, 0.29) is 5.91 Å². The molecule has 0 aromatic heterocycles. The highest BCUT2D eigenvalue weighted by molar-refractivity contribution is 5.76. The van der Waals surface area contributed by atoms with E-state index in [4.69, 9.17) is 0 Å². The van der Waals surface area contributed by atoms with Crippen molar-refractivity contribution >= 4 is 5.91 Å². The van der Waals surface area contributed by atoms with Gasteiger partial charge in [-0.25, -0.2) is 0 Å². The maximum Gasteiger partial charge on any atom is 0.221 e. The van der Waals surface area contributed by atoms with Crippen molar-refractivity contribution in [3.8, 4) is 0 Å². The molecule has 0 bridgehead atoms. The van der Waals surface area contributed by atoms with Gasteiger partial charge in [0, 0.05) is 19.0 Å². The summed E-state index contributed by atoms with van der Waals surface area (Å²) in [5, 5.41) is 6.06. The topological polar surface area (TPSA) is 41.1 Å². The molecule has 0 heterocycles. The van der Waals surface area contributed by atoms with Crippen LogP contribution in [0, 0.1) is 5.92 Å². The molecule has 0 aliphatic heterocycles. The van der Waals surface area contributed by atoms with Crippen molar-refractivity contribution in [2.24, 2.45) is 5.92 Å². The highest BCUT2D eigenvalue weighted by Gasteiger charge is 2.22. The number of carbonyl (C=O) groups excluding carboxylic acids is 1. The molecule has 3 nitrogen and oxygen atoms in total. The first kappa shape index (κ1) is 11.5. The molecule has 1 atom stereocenters. The quantitative estimate of drug-likeness (QED) is 0.699. The third kappa shape index (κ3) is 3.66. The van der Waals surface area contributed by atoms with E-state index in [1.807, 2.05) is 7.05 Å². The van der Waals surface area contributed by atoms with Gasteiger partial charge in [0.15, 0.2) is 0 Å². The molecule has 0 spiro atoms. The highest BCUT2D eigenvalue weighted by atomic mass is 16.1. The minimum Gasteiger partial charge on any atom is -0.353 e. The van der Waals surface area contributed by atoms with E-state index in [0.717, 1.165) is 6.54 Å². The summed E-state index contributed by atoms with van der Waals surface area (Å²) < 4.78 is 0. The molecule has 0 radical (unpaired) electrons. The van der Waals surface area contributed by atoms with Crippen LogP contribution < -0.4 is 10.6 Å². The molecule has 82 valence electrons. The zero-order valence-electron chi connectivity index (χ0n) is 9.31. The van der Waals surface area contributed by atoms with Gasteiger partial charge in [-0.05, 0) is 32.7 Å². The predicted molar refractivity (Wildman–Crippen MR) is 58.1 cm³/mol. The number of rotatable bonds is 5. The van der Waals surface area contributed by atoms with Crippen LogP contribution in [0.3, 0.4) is 0 Å².